The van der Waals surface area contributed by atoms with Crippen LogP contribution in [0.5, 0.6) is 0 Å². The molecular weight excluding hydrogens is 154 g/mol. The van der Waals surface area contributed by atoms with Crippen molar-refractivity contribution in [1.29, 1.82) is 0 Å². The van der Waals surface area contributed by atoms with E-state index < -0.39 is 12.5 Å². The smallest absolute Gasteiger partial charge is 0.305 e. The normalized spacial score (nSPS) is 12.0. The molecule has 0 bridgehead atoms. The third-order valence-corrected chi connectivity index (χ3v) is 1.23. The van der Waals surface area contributed by atoms with Crippen molar-refractivity contribution in [2.24, 2.45) is 12.8 Å². The van der Waals surface area contributed by atoms with E-state index in [-0.39, 0.29) is 5.69 Å². The molecule has 0 saturated heterocycles. The van der Waals surface area contributed by atoms with Gasteiger partial charge in [-0.2, -0.15) is 8.78 Å². The van der Waals surface area contributed by atoms with Crippen LogP contribution in [-0.4, -0.2) is 21.5 Å². The minimum absolute atomic E-state index is 0.387. The van der Waals surface area contributed by atoms with Gasteiger partial charge in [-0.15, -0.1) is 5.10 Å². The van der Waals surface area contributed by atoms with E-state index in [0.29, 0.717) is 0 Å². The highest BCUT2D eigenvalue weighted by atomic mass is 19.3. The zero-order valence-corrected chi connectivity index (χ0v) is 5.96. The van der Waals surface area contributed by atoms with Gasteiger partial charge in [-0.1, -0.05) is 5.21 Å². The van der Waals surface area contributed by atoms with Gasteiger partial charge >= 0.3 is 5.92 Å². The number of hydrogen-bond acceptors (Lipinski definition) is 3. The first kappa shape index (κ1) is 8.06. The van der Waals surface area contributed by atoms with Gasteiger partial charge in [0.15, 0.2) is 5.69 Å². The lowest BCUT2D eigenvalue weighted by atomic mass is 10.2. The van der Waals surface area contributed by atoms with Crippen molar-refractivity contribution in [3.05, 3.63) is 11.9 Å². The van der Waals surface area contributed by atoms with Crippen LogP contribution in [0.3, 0.4) is 0 Å². The summed E-state index contributed by atoms with van der Waals surface area (Å²) in [5, 5.41) is 6.60. The van der Waals surface area contributed by atoms with Gasteiger partial charge in [-0.05, 0) is 0 Å². The standard InChI is InChI=1S/C5H8F2N4/c1-11-2-4(9-10-11)5(6,7)3-8/h2H,3,8H2,1H3. The summed E-state index contributed by atoms with van der Waals surface area (Å²) in [6, 6.07) is 0. The van der Waals surface area contributed by atoms with Crippen LogP contribution >= 0.6 is 0 Å². The van der Waals surface area contributed by atoms with E-state index in [2.05, 4.69) is 10.3 Å². The van der Waals surface area contributed by atoms with Gasteiger partial charge in [0.25, 0.3) is 0 Å². The number of nitrogens with two attached hydrogens (primary N) is 1. The molecule has 6 heteroatoms. The molecule has 62 valence electrons. The van der Waals surface area contributed by atoms with Crippen molar-refractivity contribution in [2.75, 3.05) is 6.54 Å². The predicted molar refractivity (Wildman–Crippen MR) is 34.0 cm³/mol. The van der Waals surface area contributed by atoms with E-state index in [0.717, 1.165) is 6.20 Å². The maximum Gasteiger partial charge on any atom is 0.305 e. The van der Waals surface area contributed by atoms with Crippen molar-refractivity contribution in [2.45, 2.75) is 5.92 Å². The second-order valence-corrected chi connectivity index (χ2v) is 2.19. The fraction of sp³-hybridized carbons (Fsp3) is 0.600. The molecule has 0 aliphatic rings. The van der Waals surface area contributed by atoms with Gasteiger partial charge in [0.05, 0.1) is 12.7 Å². The van der Waals surface area contributed by atoms with Gasteiger partial charge in [0, 0.05) is 7.05 Å². The SMILES string of the molecule is Cn1cc(C(F)(F)CN)nn1. The summed E-state index contributed by atoms with van der Waals surface area (Å²) < 4.78 is 26.5. The van der Waals surface area contributed by atoms with Crippen molar-refractivity contribution in [3.8, 4) is 0 Å². The molecule has 11 heavy (non-hydrogen) atoms. The maximum absolute atomic E-state index is 12.7. The molecule has 1 rings (SSSR count). The molecule has 0 unspecified atom stereocenters. The zero-order valence-electron chi connectivity index (χ0n) is 5.96. The topological polar surface area (TPSA) is 56.7 Å². The summed E-state index contributed by atoms with van der Waals surface area (Å²) >= 11 is 0. The Morgan fingerprint density at radius 1 is 1.73 bits per heavy atom. The average Bonchev–Trinajstić information content (AvgIpc) is 2.36. The number of aromatic nitrogens is 3. The largest absolute Gasteiger partial charge is 0.325 e. The second-order valence-electron chi connectivity index (χ2n) is 2.19. The van der Waals surface area contributed by atoms with E-state index in [1.54, 1.807) is 0 Å². The highest BCUT2D eigenvalue weighted by Gasteiger charge is 2.32. The molecule has 2 N–H and O–H groups in total. The van der Waals surface area contributed by atoms with Crippen molar-refractivity contribution < 1.29 is 8.78 Å². The first-order valence-corrected chi connectivity index (χ1v) is 3.01. The van der Waals surface area contributed by atoms with E-state index in [1.807, 2.05) is 0 Å². The van der Waals surface area contributed by atoms with Crippen LogP contribution in [0.4, 0.5) is 8.78 Å². The van der Waals surface area contributed by atoms with Crippen LogP contribution < -0.4 is 5.73 Å². The molecule has 4 nitrogen and oxygen atoms in total. The minimum Gasteiger partial charge on any atom is -0.325 e. The summed E-state index contributed by atoms with van der Waals surface area (Å²) in [4.78, 5) is 0. The third kappa shape index (κ3) is 1.51. The number of rotatable bonds is 2. The molecule has 1 heterocycles. The molecule has 0 spiro atoms. The van der Waals surface area contributed by atoms with Crippen molar-refractivity contribution >= 4 is 0 Å². The summed E-state index contributed by atoms with van der Waals surface area (Å²) in [7, 11) is 1.52. The quantitative estimate of drug-likeness (QED) is 0.658. The monoisotopic (exact) mass is 162 g/mol. The van der Waals surface area contributed by atoms with Crippen LogP contribution in [0.1, 0.15) is 5.69 Å². The first-order valence-electron chi connectivity index (χ1n) is 3.01. The molecule has 0 aliphatic heterocycles. The molecule has 0 saturated carbocycles. The average molecular weight is 162 g/mol. The zero-order chi connectivity index (χ0) is 8.48. The lowest BCUT2D eigenvalue weighted by Crippen LogP contribution is -2.25. The molecule has 0 radical (unpaired) electrons. The van der Waals surface area contributed by atoms with Gasteiger partial charge in [0.1, 0.15) is 0 Å². The Labute approximate surface area is 62.0 Å². The predicted octanol–water partition coefficient (Wildman–Crippen LogP) is -0.134. The molecule has 0 atom stereocenters. The van der Waals surface area contributed by atoms with Gasteiger partial charge < -0.3 is 5.73 Å². The summed E-state index contributed by atoms with van der Waals surface area (Å²) in [5.41, 5.74) is 4.43. The molecule has 1 aromatic rings. The fourth-order valence-electron chi connectivity index (χ4n) is 0.619. The van der Waals surface area contributed by atoms with Crippen LogP contribution in [0.25, 0.3) is 0 Å². The van der Waals surface area contributed by atoms with Crippen LogP contribution in [0.2, 0.25) is 0 Å². The minimum atomic E-state index is -3.06. The Hall–Kier alpha value is -1.04. The number of halogens is 2. The van der Waals surface area contributed by atoms with Gasteiger partial charge in [-0.3, -0.25) is 4.68 Å². The Balaban J connectivity index is 2.92. The van der Waals surface area contributed by atoms with Crippen molar-refractivity contribution in [1.82, 2.24) is 15.0 Å². The molecular formula is C5H8F2N4. The van der Waals surface area contributed by atoms with Crippen molar-refractivity contribution in [3.63, 3.8) is 0 Å². The molecule has 0 fully saturated rings. The van der Waals surface area contributed by atoms with E-state index >= 15 is 0 Å². The molecule has 1 aromatic heterocycles. The fourth-order valence-corrected chi connectivity index (χ4v) is 0.619. The number of aryl methyl sites for hydroxylation is 1. The maximum atomic E-state index is 12.7. The molecule has 0 aromatic carbocycles. The Bertz CT molecular complexity index is 244. The third-order valence-electron chi connectivity index (χ3n) is 1.23. The molecule has 0 amide bonds. The van der Waals surface area contributed by atoms with E-state index in [9.17, 15) is 8.78 Å². The van der Waals surface area contributed by atoms with Gasteiger partial charge in [-0.25, -0.2) is 0 Å². The summed E-state index contributed by atoms with van der Waals surface area (Å²) in [6.07, 6.45) is 1.15. The lowest BCUT2D eigenvalue weighted by molar-refractivity contribution is 0.00126. The highest BCUT2D eigenvalue weighted by molar-refractivity contribution is 5.02. The number of hydrogen-bond donors (Lipinski definition) is 1. The van der Waals surface area contributed by atoms with E-state index in [1.165, 1.54) is 11.7 Å². The summed E-state index contributed by atoms with van der Waals surface area (Å²) in [5.74, 6) is -3.06. The Kier molecular flexibility index (Phi) is 1.86. The summed E-state index contributed by atoms with van der Waals surface area (Å²) in [6.45, 7) is -0.744. The number of alkyl halides is 2. The number of nitrogens with zero attached hydrogens (tertiary/aromatic N) is 3. The van der Waals surface area contributed by atoms with Crippen LogP contribution in [0, 0.1) is 0 Å². The lowest BCUT2D eigenvalue weighted by Gasteiger charge is -2.08. The second kappa shape index (κ2) is 2.54. The first-order chi connectivity index (χ1) is 5.06. The Morgan fingerprint density at radius 3 is 2.73 bits per heavy atom. The van der Waals surface area contributed by atoms with Crippen LogP contribution in [0.15, 0.2) is 6.20 Å². The van der Waals surface area contributed by atoms with E-state index in [4.69, 9.17) is 5.73 Å². The highest BCUT2D eigenvalue weighted by Crippen LogP contribution is 2.23. The molecule has 0 aliphatic carbocycles. The van der Waals surface area contributed by atoms with Crippen LogP contribution in [-0.2, 0) is 13.0 Å². The Morgan fingerprint density at radius 2 is 2.36 bits per heavy atom. The van der Waals surface area contributed by atoms with Gasteiger partial charge in [0.2, 0.25) is 0 Å².